The monoisotopic (exact) mass is 246 g/mol. The van der Waals surface area contributed by atoms with Crippen molar-refractivity contribution in [2.24, 2.45) is 5.92 Å². The summed E-state index contributed by atoms with van der Waals surface area (Å²) in [5.74, 6) is 1.60. The van der Waals surface area contributed by atoms with E-state index in [0.29, 0.717) is 5.92 Å². The highest BCUT2D eigenvalue weighted by atomic mass is 32.1. The summed E-state index contributed by atoms with van der Waals surface area (Å²) in [5.41, 5.74) is 1.06. The van der Waals surface area contributed by atoms with Crippen LogP contribution >= 0.6 is 11.3 Å². The number of pyridine rings is 1. The Morgan fingerprint density at radius 2 is 2.18 bits per heavy atom. The van der Waals surface area contributed by atoms with E-state index in [9.17, 15) is 0 Å². The van der Waals surface area contributed by atoms with Crippen molar-refractivity contribution < 1.29 is 0 Å². The van der Waals surface area contributed by atoms with Gasteiger partial charge in [0, 0.05) is 17.1 Å². The Hall–Kier alpha value is -1.35. The fourth-order valence-electron chi connectivity index (χ4n) is 1.76. The van der Waals surface area contributed by atoms with E-state index < -0.39 is 0 Å². The fraction of sp³-hybridized carbons (Fsp3) is 0.357. The lowest BCUT2D eigenvalue weighted by Gasteiger charge is -2.12. The van der Waals surface area contributed by atoms with Crippen LogP contribution in [0.1, 0.15) is 17.5 Å². The van der Waals surface area contributed by atoms with Crippen LogP contribution in [0.4, 0.5) is 5.82 Å². The molecule has 1 unspecified atom stereocenters. The van der Waals surface area contributed by atoms with Crippen LogP contribution in [0.15, 0.2) is 35.7 Å². The molecule has 1 N–H and O–H groups in total. The van der Waals surface area contributed by atoms with Crippen molar-refractivity contribution in [3.05, 3.63) is 46.3 Å². The summed E-state index contributed by atoms with van der Waals surface area (Å²) in [6, 6.07) is 10.4. The van der Waals surface area contributed by atoms with Crippen LogP contribution in [-0.2, 0) is 6.42 Å². The number of hydrogen-bond donors (Lipinski definition) is 1. The summed E-state index contributed by atoms with van der Waals surface area (Å²) in [4.78, 5) is 5.89. The number of hydrogen-bond acceptors (Lipinski definition) is 3. The molecule has 2 heterocycles. The zero-order chi connectivity index (χ0) is 12.1. The van der Waals surface area contributed by atoms with Gasteiger partial charge in [-0.1, -0.05) is 19.1 Å². The summed E-state index contributed by atoms with van der Waals surface area (Å²) in [7, 11) is 0. The first-order chi connectivity index (χ1) is 8.24. The smallest absolute Gasteiger partial charge is 0.126 e. The van der Waals surface area contributed by atoms with E-state index in [0.717, 1.165) is 24.5 Å². The van der Waals surface area contributed by atoms with E-state index in [2.05, 4.69) is 34.7 Å². The number of rotatable bonds is 5. The predicted molar refractivity (Wildman–Crippen MR) is 74.7 cm³/mol. The first-order valence-electron chi connectivity index (χ1n) is 5.94. The van der Waals surface area contributed by atoms with E-state index in [1.54, 1.807) is 0 Å². The third-order valence-electron chi connectivity index (χ3n) is 2.65. The summed E-state index contributed by atoms with van der Waals surface area (Å²) >= 11 is 1.83. The second-order valence-corrected chi connectivity index (χ2v) is 5.47. The van der Waals surface area contributed by atoms with Crippen molar-refractivity contribution in [3.8, 4) is 0 Å². The number of aromatic nitrogens is 1. The molecular formula is C14H18N2S. The average Bonchev–Trinajstić information content (AvgIpc) is 2.79. The number of anilines is 1. The highest BCUT2D eigenvalue weighted by Crippen LogP contribution is 2.15. The molecule has 0 saturated heterocycles. The number of thiophene rings is 1. The topological polar surface area (TPSA) is 24.9 Å². The van der Waals surface area contributed by atoms with Crippen LogP contribution < -0.4 is 5.32 Å². The van der Waals surface area contributed by atoms with Gasteiger partial charge >= 0.3 is 0 Å². The molecule has 0 aliphatic carbocycles. The van der Waals surface area contributed by atoms with E-state index >= 15 is 0 Å². The minimum atomic E-state index is 0.621. The van der Waals surface area contributed by atoms with Crippen LogP contribution in [0.5, 0.6) is 0 Å². The third kappa shape index (κ3) is 3.86. The van der Waals surface area contributed by atoms with Crippen molar-refractivity contribution in [2.75, 3.05) is 11.9 Å². The van der Waals surface area contributed by atoms with E-state index in [-0.39, 0.29) is 0 Å². The van der Waals surface area contributed by atoms with Crippen molar-refractivity contribution in [2.45, 2.75) is 20.3 Å². The van der Waals surface area contributed by atoms with Gasteiger partial charge in [0.1, 0.15) is 5.82 Å². The van der Waals surface area contributed by atoms with E-state index in [4.69, 9.17) is 0 Å². The lowest BCUT2D eigenvalue weighted by molar-refractivity contribution is 0.616. The minimum Gasteiger partial charge on any atom is -0.370 e. The van der Waals surface area contributed by atoms with Gasteiger partial charge in [0.2, 0.25) is 0 Å². The molecule has 0 saturated carbocycles. The maximum Gasteiger partial charge on any atom is 0.126 e. The van der Waals surface area contributed by atoms with E-state index in [1.165, 1.54) is 4.88 Å². The zero-order valence-electron chi connectivity index (χ0n) is 10.3. The molecule has 0 bridgehead atoms. The molecule has 0 aliphatic heterocycles. The van der Waals surface area contributed by atoms with Gasteiger partial charge in [0.25, 0.3) is 0 Å². The molecule has 0 spiro atoms. The molecule has 2 aromatic rings. The molecule has 0 fully saturated rings. The van der Waals surface area contributed by atoms with Crippen LogP contribution in [-0.4, -0.2) is 11.5 Å². The molecule has 90 valence electrons. The number of aryl methyl sites for hydroxylation is 1. The Morgan fingerprint density at radius 1 is 1.29 bits per heavy atom. The second-order valence-electron chi connectivity index (χ2n) is 4.43. The zero-order valence-corrected chi connectivity index (χ0v) is 11.1. The summed E-state index contributed by atoms with van der Waals surface area (Å²) in [6.07, 6.45) is 1.14. The van der Waals surface area contributed by atoms with E-state index in [1.807, 2.05) is 36.5 Å². The lowest BCUT2D eigenvalue weighted by Crippen LogP contribution is -2.14. The summed E-state index contributed by atoms with van der Waals surface area (Å²) < 4.78 is 0. The standard InChI is InChI=1S/C14H18N2S/c1-11(9-13-6-4-8-17-13)10-15-14-7-3-5-12(2)16-14/h3-8,11H,9-10H2,1-2H3,(H,15,16). The van der Waals surface area contributed by atoms with Gasteiger partial charge in [-0.15, -0.1) is 11.3 Å². The van der Waals surface area contributed by atoms with Gasteiger partial charge in [0.05, 0.1) is 0 Å². The minimum absolute atomic E-state index is 0.621. The molecule has 0 radical (unpaired) electrons. The Balaban J connectivity index is 1.82. The Kier molecular flexibility index (Phi) is 4.15. The molecule has 2 aromatic heterocycles. The highest BCUT2D eigenvalue weighted by molar-refractivity contribution is 7.09. The Morgan fingerprint density at radius 3 is 2.88 bits per heavy atom. The van der Waals surface area contributed by atoms with Crippen LogP contribution in [0.2, 0.25) is 0 Å². The molecular weight excluding hydrogens is 228 g/mol. The number of nitrogens with zero attached hydrogens (tertiary/aromatic N) is 1. The van der Waals surface area contributed by atoms with Gasteiger partial charge in [-0.2, -0.15) is 0 Å². The quantitative estimate of drug-likeness (QED) is 0.869. The first-order valence-corrected chi connectivity index (χ1v) is 6.82. The van der Waals surface area contributed by atoms with Gasteiger partial charge in [0.15, 0.2) is 0 Å². The Labute approximate surface area is 107 Å². The van der Waals surface area contributed by atoms with Gasteiger partial charge < -0.3 is 5.32 Å². The summed E-state index contributed by atoms with van der Waals surface area (Å²) in [5, 5.41) is 5.53. The second kappa shape index (κ2) is 5.82. The van der Waals surface area contributed by atoms with Crippen LogP contribution in [0, 0.1) is 12.8 Å². The average molecular weight is 246 g/mol. The van der Waals surface area contributed by atoms with Gasteiger partial charge in [-0.05, 0) is 42.8 Å². The van der Waals surface area contributed by atoms with Crippen LogP contribution in [0.3, 0.4) is 0 Å². The molecule has 0 aromatic carbocycles. The van der Waals surface area contributed by atoms with Gasteiger partial charge in [-0.25, -0.2) is 4.98 Å². The predicted octanol–water partition coefficient (Wildman–Crippen LogP) is 3.74. The van der Waals surface area contributed by atoms with Crippen molar-refractivity contribution in [1.29, 1.82) is 0 Å². The number of nitrogens with one attached hydrogen (secondary N) is 1. The van der Waals surface area contributed by atoms with Crippen molar-refractivity contribution in [3.63, 3.8) is 0 Å². The normalized spacial score (nSPS) is 12.4. The lowest BCUT2D eigenvalue weighted by atomic mass is 10.1. The highest BCUT2D eigenvalue weighted by Gasteiger charge is 2.04. The van der Waals surface area contributed by atoms with Crippen molar-refractivity contribution in [1.82, 2.24) is 4.98 Å². The largest absolute Gasteiger partial charge is 0.370 e. The molecule has 0 amide bonds. The maximum absolute atomic E-state index is 4.43. The molecule has 17 heavy (non-hydrogen) atoms. The molecule has 1 atom stereocenters. The van der Waals surface area contributed by atoms with Gasteiger partial charge in [-0.3, -0.25) is 0 Å². The fourth-order valence-corrected chi connectivity index (χ4v) is 2.63. The molecule has 3 heteroatoms. The third-order valence-corrected chi connectivity index (χ3v) is 3.55. The first kappa shape index (κ1) is 12.1. The molecule has 0 aliphatic rings. The Bertz CT molecular complexity index is 451. The SMILES string of the molecule is Cc1cccc(NCC(C)Cc2cccs2)n1. The summed E-state index contributed by atoms with van der Waals surface area (Å²) in [6.45, 7) is 5.25. The maximum atomic E-state index is 4.43. The molecule has 2 nitrogen and oxygen atoms in total. The molecule has 2 rings (SSSR count). The van der Waals surface area contributed by atoms with Crippen LogP contribution in [0.25, 0.3) is 0 Å². The van der Waals surface area contributed by atoms with Crippen molar-refractivity contribution >= 4 is 17.2 Å².